The van der Waals surface area contributed by atoms with Crippen molar-refractivity contribution in [3.05, 3.63) is 29.3 Å². The third kappa shape index (κ3) is 5.92. The van der Waals surface area contributed by atoms with Crippen LogP contribution in [0.2, 0.25) is 0 Å². The second kappa shape index (κ2) is 8.92. The fourth-order valence-corrected chi connectivity index (χ4v) is 2.34. The maximum atomic E-state index is 13.4. The number of carbonyl (C=O) groups is 2. The molecule has 1 rings (SSSR count). The predicted molar refractivity (Wildman–Crippen MR) is 79.4 cm³/mol. The van der Waals surface area contributed by atoms with E-state index in [0.717, 1.165) is 0 Å². The molecule has 2 N–H and O–H groups in total. The number of rotatable bonds is 7. The Morgan fingerprint density at radius 3 is 1.17 bits per heavy atom. The average Bonchev–Trinajstić information content (AvgIpc) is 2.64. The van der Waals surface area contributed by atoms with Gasteiger partial charge in [-0.25, -0.2) is 18.0 Å². The Morgan fingerprint density at radius 1 is 0.667 bits per heavy atom. The highest BCUT2D eigenvalue weighted by Gasteiger charge is 2.75. The minimum absolute atomic E-state index is 0.373. The molecule has 2 unspecified atom stereocenters. The van der Waals surface area contributed by atoms with E-state index in [-0.39, 0.29) is 12.1 Å². The van der Waals surface area contributed by atoms with Crippen LogP contribution < -0.4 is 0 Å². The molecule has 0 bridgehead atoms. The molecule has 0 radical (unpaired) electrons. The fourth-order valence-electron chi connectivity index (χ4n) is 1.80. The fraction of sp³-hybridized carbons (Fsp3) is 0.429. The summed E-state index contributed by atoms with van der Waals surface area (Å²) >= 11 is 0. The van der Waals surface area contributed by atoms with E-state index in [1.807, 2.05) is 0 Å². The maximum absolute atomic E-state index is 13.4. The Balaban J connectivity index is 3.54. The van der Waals surface area contributed by atoms with Crippen LogP contribution in [-0.4, -0.2) is 71.4 Å². The van der Waals surface area contributed by atoms with Crippen LogP contribution >= 0.6 is 0 Å². The summed E-state index contributed by atoms with van der Waals surface area (Å²) in [6, 6.07) is -1.18. The van der Waals surface area contributed by atoms with E-state index in [4.69, 9.17) is 10.2 Å². The van der Waals surface area contributed by atoms with Crippen LogP contribution in [0.15, 0.2) is 23.1 Å². The summed E-state index contributed by atoms with van der Waals surface area (Å²) in [4.78, 5) is 21.4. The highest BCUT2D eigenvalue weighted by molar-refractivity contribution is 7.85. The van der Waals surface area contributed by atoms with Gasteiger partial charge in [0.05, 0.1) is 16.0 Å². The van der Waals surface area contributed by atoms with Crippen molar-refractivity contribution < 1.29 is 94.9 Å². The van der Waals surface area contributed by atoms with Crippen LogP contribution in [0, 0.1) is 0 Å². The number of esters is 2. The van der Waals surface area contributed by atoms with E-state index in [1.165, 1.54) is 0 Å². The first-order valence-electron chi connectivity index (χ1n) is 7.88. The lowest BCUT2D eigenvalue weighted by Gasteiger charge is -2.29. The predicted octanol–water partition coefficient (Wildman–Crippen LogP) is 2.53. The lowest BCUT2D eigenvalue weighted by molar-refractivity contribution is -0.435. The molecule has 1 aromatic carbocycles. The van der Waals surface area contributed by atoms with Gasteiger partial charge in [0.1, 0.15) is 10.1 Å². The molecular formula is C14H5F12O9S-. The molecule has 2 atom stereocenters. The third-order valence-corrected chi connectivity index (χ3v) is 4.44. The number of ether oxygens (including phenoxy) is 2. The Kier molecular flexibility index (Phi) is 7.72. The van der Waals surface area contributed by atoms with Gasteiger partial charge in [-0.2, -0.15) is 52.7 Å². The number of alkyl halides is 12. The number of hydrogen-bond donors (Lipinski definition) is 2. The van der Waals surface area contributed by atoms with E-state index < -0.39 is 80.4 Å². The number of aliphatic hydroxyl groups is 2. The lowest BCUT2D eigenvalue weighted by atomic mass is 10.1. The lowest BCUT2D eigenvalue weighted by Crippen LogP contribution is -2.57. The van der Waals surface area contributed by atoms with Crippen molar-refractivity contribution in [2.24, 2.45) is 0 Å². The molecule has 206 valence electrons. The zero-order chi connectivity index (χ0) is 28.9. The van der Waals surface area contributed by atoms with Crippen molar-refractivity contribution >= 4 is 22.1 Å². The maximum Gasteiger partial charge on any atom is 0.471 e. The molecule has 0 saturated heterocycles. The van der Waals surface area contributed by atoms with Crippen LogP contribution in [0.4, 0.5) is 52.7 Å². The summed E-state index contributed by atoms with van der Waals surface area (Å²) in [6.45, 7) is 0. The van der Waals surface area contributed by atoms with Crippen molar-refractivity contribution in [2.45, 2.75) is 41.2 Å². The number of carbonyl (C=O) groups excluding carboxylic acids is 2. The average molecular weight is 577 g/mol. The van der Waals surface area contributed by atoms with Gasteiger partial charge in [-0.05, 0) is 18.2 Å². The zero-order valence-electron chi connectivity index (χ0n) is 15.9. The molecule has 0 saturated carbocycles. The summed E-state index contributed by atoms with van der Waals surface area (Å²) in [7, 11) is -5.95. The summed E-state index contributed by atoms with van der Waals surface area (Å²) in [5.74, 6) is -19.1. The van der Waals surface area contributed by atoms with Crippen molar-refractivity contribution in [3.63, 3.8) is 0 Å². The second-order valence-electron chi connectivity index (χ2n) is 6.25. The molecule has 0 amide bonds. The van der Waals surface area contributed by atoms with Gasteiger partial charge in [0, 0.05) is 0 Å². The zero-order valence-corrected chi connectivity index (χ0v) is 16.7. The Labute approximate surface area is 188 Å². The quantitative estimate of drug-likeness (QED) is 0.283. The summed E-state index contributed by atoms with van der Waals surface area (Å²) < 4.78 is 192. The van der Waals surface area contributed by atoms with E-state index in [0.29, 0.717) is 0 Å². The van der Waals surface area contributed by atoms with E-state index in [2.05, 4.69) is 9.47 Å². The van der Waals surface area contributed by atoms with Gasteiger partial charge in [0.25, 0.3) is 0 Å². The van der Waals surface area contributed by atoms with Gasteiger partial charge < -0.3 is 24.2 Å². The van der Waals surface area contributed by atoms with Crippen LogP contribution in [-0.2, 0) is 19.6 Å². The minimum atomic E-state index is -6.83. The van der Waals surface area contributed by atoms with Gasteiger partial charge in [-0.1, -0.05) is 0 Å². The number of benzene rings is 1. The number of hydrogen-bond acceptors (Lipinski definition) is 9. The van der Waals surface area contributed by atoms with Gasteiger partial charge >= 0.3 is 48.2 Å². The van der Waals surface area contributed by atoms with Gasteiger partial charge in [-0.3, -0.25) is 0 Å². The van der Waals surface area contributed by atoms with Crippen LogP contribution in [0.1, 0.15) is 20.7 Å². The van der Waals surface area contributed by atoms with E-state index >= 15 is 0 Å². The van der Waals surface area contributed by atoms with Crippen LogP contribution in [0.3, 0.4) is 0 Å². The summed E-state index contributed by atoms with van der Waals surface area (Å²) in [5, 5.41) is 16.6. The van der Waals surface area contributed by atoms with Crippen molar-refractivity contribution in [2.75, 3.05) is 0 Å². The molecule has 0 aliphatic heterocycles. The van der Waals surface area contributed by atoms with Crippen molar-refractivity contribution in [3.8, 4) is 0 Å². The molecular weight excluding hydrogens is 572 g/mol. The largest absolute Gasteiger partial charge is 0.744 e. The van der Waals surface area contributed by atoms with Gasteiger partial charge in [0.2, 0.25) is 0 Å². The monoisotopic (exact) mass is 577 g/mol. The van der Waals surface area contributed by atoms with Gasteiger partial charge in [-0.15, -0.1) is 0 Å². The first-order valence-corrected chi connectivity index (χ1v) is 9.28. The molecule has 0 aliphatic rings. The molecule has 36 heavy (non-hydrogen) atoms. The standard InChI is InChI=1S/C14H6F12O9S/c15-9(29,11(17,18)19)13(23,24)34-7(27)4-1-5(3-6(2-4)36(31,32)33)8(28)35-14(25,26)10(16,30)12(20,21)22/h1-3,29-30H,(H,31,32,33)/p-1. The molecule has 0 aliphatic carbocycles. The smallest absolute Gasteiger partial charge is 0.471 e. The summed E-state index contributed by atoms with van der Waals surface area (Å²) in [5.41, 5.74) is -3.93. The summed E-state index contributed by atoms with van der Waals surface area (Å²) in [6.07, 6.45) is -26.7. The molecule has 0 spiro atoms. The molecule has 9 nitrogen and oxygen atoms in total. The molecule has 1 aromatic rings. The molecule has 0 fully saturated rings. The van der Waals surface area contributed by atoms with Crippen molar-refractivity contribution in [1.82, 2.24) is 0 Å². The first kappa shape index (κ1) is 31.2. The third-order valence-electron chi connectivity index (χ3n) is 3.63. The normalized spacial score (nSPS) is 17.1. The van der Waals surface area contributed by atoms with E-state index in [9.17, 15) is 75.2 Å². The Hall–Kier alpha value is -2.85. The van der Waals surface area contributed by atoms with Crippen LogP contribution in [0.25, 0.3) is 0 Å². The molecule has 22 heteroatoms. The Morgan fingerprint density at radius 2 is 0.944 bits per heavy atom. The highest BCUT2D eigenvalue weighted by atomic mass is 32.2. The van der Waals surface area contributed by atoms with Crippen LogP contribution in [0.5, 0.6) is 0 Å². The second-order valence-corrected chi connectivity index (χ2v) is 7.63. The SMILES string of the molecule is O=C(OC(F)(F)C(O)(F)C(F)(F)F)c1cc(C(=O)OC(F)(F)C(O)(F)C(F)(F)F)cc(S(=O)(=O)[O-])c1. The van der Waals surface area contributed by atoms with Gasteiger partial charge in [0.15, 0.2) is 0 Å². The van der Waals surface area contributed by atoms with E-state index in [1.54, 1.807) is 0 Å². The molecule has 0 heterocycles. The highest BCUT2D eigenvalue weighted by Crippen LogP contribution is 2.45. The van der Waals surface area contributed by atoms with Crippen molar-refractivity contribution in [1.29, 1.82) is 0 Å². The minimum Gasteiger partial charge on any atom is -0.744 e. The number of halogens is 12. The first-order chi connectivity index (χ1) is 15.6. The molecule has 0 aromatic heterocycles. The Bertz CT molecular complexity index is 1070. The topological polar surface area (TPSA) is 150 Å².